The van der Waals surface area contributed by atoms with Gasteiger partial charge in [-0.3, -0.25) is 9.78 Å². The molecule has 12 heavy (non-hydrogen) atoms. The molecule has 0 spiro atoms. The van der Waals surface area contributed by atoms with Gasteiger partial charge in [-0.2, -0.15) is 0 Å². The van der Waals surface area contributed by atoms with Crippen LogP contribution in [0.1, 0.15) is 18.3 Å². The predicted octanol–water partition coefficient (Wildman–Crippen LogP) is 2.17. The Morgan fingerprint density at radius 1 is 1.58 bits per heavy atom. The number of carbonyl (C=O) groups is 1. The van der Waals surface area contributed by atoms with Crippen LogP contribution in [0.5, 0.6) is 0 Å². The van der Waals surface area contributed by atoms with Gasteiger partial charge in [0.15, 0.2) is 0 Å². The number of aryl methyl sites for hydroxylation is 1. The summed E-state index contributed by atoms with van der Waals surface area (Å²) in [5, 5.41) is 0.566. The molecule has 0 aliphatic carbocycles. The van der Waals surface area contributed by atoms with Crippen LogP contribution < -0.4 is 0 Å². The number of Topliss-reactive ketones (excluding diaryl/α,β-unsaturated/α-hetero) is 1. The van der Waals surface area contributed by atoms with E-state index >= 15 is 0 Å². The summed E-state index contributed by atoms with van der Waals surface area (Å²) in [7, 11) is 0. The van der Waals surface area contributed by atoms with E-state index in [2.05, 4.69) is 4.98 Å². The average Bonchev–Trinajstić information content (AvgIpc) is 1.96. The highest BCUT2D eigenvalue weighted by molar-refractivity contribution is 6.31. The Labute approximate surface area is 76.6 Å². The Morgan fingerprint density at radius 3 is 2.83 bits per heavy atom. The Hall–Kier alpha value is -0.890. The molecule has 0 radical (unpaired) electrons. The van der Waals surface area contributed by atoms with Crippen LogP contribution in [0.3, 0.4) is 0 Å². The molecule has 2 nitrogen and oxygen atoms in total. The lowest BCUT2D eigenvalue weighted by molar-refractivity contribution is -0.116. The summed E-state index contributed by atoms with van der Waals surface area (Å²) in [6, 6.07) is 3.59. The van der Waals surface area contributed by atoms with Crippen molar-refractivity contribution in [1.29, 1.82) is 0 Å². The van der Waals surface area contributed by atoms with E-state index in [4.69, 9.17) is 11.6 Å². The van der Waals surface area contributed by atoms with Gasteiger partial charge >= 0.3 is 0 Å². The molecule has 0 fully saturated rings. The Bertz CT molecular complexity index is 309. The standard InChI is InChI=1S/C9H10ClNO/c1-6-3-4-8(10)9(11-6)5-7(2)12/h3-4H,5H2,1-2H3. The van der Waals surface area contributed by atoms with Crippen LogP contribution in [0.25, 0.3) is 0 Å². The number of hydrogen-bond donors (Lipinski definition) is 0. The molecule has 0 aliphatic rings. The van der Waals surface area contributed by atoms with Crippen molar-refractivity contribution < 1.29 is 4.79 Å². The lowest BCUT2D eigenvalue weighted by atomic mass is 10.2. The number of hydrogen-bond acceptors (Lipinski definition) is 2. The highest BCUT2D eigenvalue weighted by Crippen LogP contribution is 2.14. The van der Waals surface area contributed by atoms with Crippen molar-refractivity contribution in [2.24, 2.45) is 0 Å². The van der Waals surface area contributed by atoms with E-state index in [1.165, 1.54) is 6.92 Å². The molecule has 0 bridgehead atoms. The predicted molar refractivity (Wildman–Crippen MR) is 48.4 cm³/mol. The minimum atomic E-state index is 0.0787. The largest absolute Gasteiger partial charge is 0.300 e. The van der Waals surface area contributed by atoms with Gasteiger partial charge in [0, 0.05) is 12.1 Å². The van der Waals surface area contributed by atoms with E-state index in [0.717, 1.165) is 5.69 Å². The minimum absolute atomic E-state index is 0.0787. The zero-order chi connectivity index (χ0) is 9.14. The van der Waals surface area contributed by atoms with E-state index in [0.29, 0.717) is 17.1 Å². The number of carbonyl (C=O) groups excluding carboxylic acids is 1. The molecule has 3 heteroatoms. The van der Waals surface area contributed by atoms with Crippen molar-refractivity contribution in [2.75, 3.05) is 0 Å². The molecule has 64 valence electrons. The molecule has 1 rings (SSSR count). The highest BCUT2D eigenvalue weighted by atomic mass is 35.5. The summed E-state index contributed by atoms with van der Waals surface area (Å²) in [5.74, 6) is 0.0787. The monoisotopic (exact) mass is 183 g/mol. The van der Waals surface area contributed by atoms with Crippen LogP contribution in [0.15, 0.2) is 12.1 Å². The van der Waals surface area contributed by atoms with Gasteiger partial charge in [0.25, 0.3) is 0 Å². The van der Waals surface area contributed by atoms with E-state index in [-0.39, 0.29) is 5.78 Å². The smallest absolute Gasteiger partial charge is 0.135 e. The third-order valence-corrected chi connectivity index (χ3v) is 1.82. The van der Waals surface area contributed by atoms with Crippen molar-refractivity contribution in [3.63, 3.8) is 0 Å². The van der Waals surface area contributed by atoms with E-state index < -0.39 is 0 Å². The lowest BCUT2D eigenvalue weighted by Gasteiger charge is -2.01. The quantitative estimate of drug-likeness (QED) is 0.704. The van der Waals surface area contributed by atoms with E-state index in [1.54, 1.807) is 6.07 Å². The molecule has 0 N–H and O–H groups in total. The molecule has 0 atom stereocenters. The van der Waals surface area contributed by atoms with Gasteiger partial charge in [-0.05, 0) is 26.0 Å². The van der Waals surface area contributed by atoms with E-state index in [1.807, 2.05) is 13.0 Å². The van der Waals surface area contributed by atoms with Gasteiger partial charge in [-0.25, -0.2) is 0 Å². The van der Waals surface area contributed by atoms with Crippen molar-refractivity contribution in [1.82, 2.24) is 4.98 Å². The minimum Gasteiger partial charge on any atom is -0.300 e. The van der Waals surface area contributed by atoms with E-state index in [9.17, 15) is 4.79 Å². The first-order chi connectivity index (χ1) is 5.59. The average molecular weight is 184 g/mol. The highest BCUT2D eigenvalue weighted by Gasteiger charge is 2.04. The van der Waals surface area contributed by atoms with Gasteiger partial charge in [0.05, 0.1) is 10.7 Å². The molecule has 0 unspecified atom stereocenters. The fraction of sp³-hybridized carbons (Fsp3) is 0.333. The van der Waals surface area contributed by atoms with Gasteiger partial charge in [0.1, 0.15) is 5.78 Å². The summed E-state index contributed by atoms with van der Waals surface area (Å²) in [4.78, 5) is 14.9. The van der Waals surface area contributed by atoms with Crippen LogP contribution >= 0.6 is 11.6 Å². The van der Waals surface area contributed by atoms with Crippen LogP contribution in [0.4, 0.5) is 0 Å². The Balaban J connectivity index is 2.97. The third-order valence-electron chi connectivity index (χ3n) is 1.47. The van der Waals surface area contributed by atoms with Crippen LogP contribution in [-0.2, 0) is 11.2 Å². The zero-order valence-electron chi connectivity index (χ0n) is 7.10. The third kappa shape index (κ3) is 2.31. The topological polar surface area (TPSA) is 30.0 Å². The number of nitrogens with zero attached hydrogens (tertiary/aromatic N) is 1. The first-order valence-electron chi connectivity index (χ1n) is 3.71. The van der Waals surface area contributed by atoms with Crippen molar-refractivity contribution in [3.05, 3.63) is 28.5 Å². The van der Waals surface area contributed by atoms with Gasteiger partial charge in [-0.1, -0.05) is 11.6 Å². The molecule has 1 heterocycles. The van der Waals surface area contributed by atoms with Gasteiger partial charge in [0.2, 0.25) is 0 Å². The second-order valence-corrected chi connectivity index (χ2v) is 3.17. The first kappa shape index (κ1) is 9.20. The van der Waals surface area contributed by atoms with Crippen LogP contribution in [0, 0.1) is 6.92 Å². The summed E-state index contributed by atoms with van der Waals surface area (Å²) < 4.78 is 0. The van der Waals surface area contributed by atoms with Crippen LogP contribution in [0.2, 0.25) is 5.02 Å². The molecule has 1 aromatic heterocycles. The molecule has 0 saturated carbocycles. The SMILES string of the molecule is CC(=O)Cc1nc(C)ccc1Cl. The molecular weight excluding hydrogens is 174 g/mol. The maximum absolute atomic E-state index is 10.8. The second kappa shape index (κ2) is 3.68. The van der Waals surface area contributed by atoms with Crippen molar-refractivity contribution >= 4 is 17.4 Å². The summed E-state index contributed by atoms with van der Waals surface area (Å²) in [6.45, 7) is 3.40. The van der Waals surface area contributed by atoms with Gasteiger partial charge in [-0.15, -0.1) is 0 Å². The fourth-order valence-electron chi connectivity index (χ4n) is 0.953. The molecular formula is C9H10ClNO. The zero-order valence-corrected chi connectivity index (χ0v) is 7.85. The number of ketones is 1. The van der Waals surface area contributed by atoms with Crippen molar-refractivity contribution in [2.45, 2.75) is 20.3 Å². The number of aromatic nitrogens is 1. The maximum atomic E-state index is 10.8. The molecule has 0 saturated heterocycles. The normalized spacial score (nSPS) is 9.92. The summed E-state index contributed by atoms with van der Waals surface area (Å²) in [5.41, 5.74) is 1.56. The first-order valence-corrected chi connectivity index (χ1v) is 4.09. The van der Waals surface area contributed by atoms with Crippen molar-refractivity contribution in [3.8, 4) is 0 Å². The molecule has 0 aliphatic heterocycles. The Morgan fingerprint density at radius 2 is 2.25 bits per heavy atom. The number of pyridine rings is 1. The number of rotatable bonds is 2. The molecule has 0 amide bonds. The number of halogens is 1. The molecule has 0 aromatic carbocycles. The van der Waals surface area contributed by atoms with Gasteiger partial charge < -0.3 is 0 Å². The maximum Gasteiger partial charge on any atom is 0.135 e. The van der Waals surface area contributed by atoms with Crippen LogP contribution in [-0.4, -0.2) is 10.8 Å². The lowest BCUT2D eigenvalue weighted by Crippen LogP contribution is -2.00. The summed E-state index contributed by atoms with van der Waals surface area (Å²) >= 11 is 5.83. The molecule has 1 aromatic rings. The fourth-order valence-corrected chi connectivity index (χ4v) is 1.13. The summed E-state index contributed by atoms with van der Waals surface area (Å²) in [6.07, 6.45) is 0.320. The Kier molecular flexibility index (Phi) is 2.82. The second-order valence-electron chi connectivity index (χ2n) is 2.76.